The maximum atomic E-state index is 14.6. The highest BCUT2D eigenvalue weighted by atomic mass is 32.2. The van der Waals surface area contributed by atoms with Crippen LogP contribution in [0.5, 0.6) is 0 Å². The number of rotatable bonds is 6. The fraction of sp³-hybridized carbons (Fsp3) is 0.348. The van der Waals surface area contributed by atoms with Gasteiger partial charge in [0.25, 0.3) is 10.0 Å². The average Bonchev–Trinajstić information content (AvgIpc) is 3.21. The van der Waals surface area contributed by atoms with Gasteiger partial charge in [-0.2, -0.15) is 30.6 Å². The molecule has 0 bridgehead atoms. The summed E-state index contributed by atoms with van der Waals surface area (Å²) in [5, 5.41) is 1.08. The number of aromatic nitrogens is 4. The van der Waals surface area contributed by atoms with Gasteiger partial charge < -0.3 is 5.32 Å². The summed E-state index contributed by atoms with van der Waals surface area (Å²) in [6, 6.07) is -0.450. The van der Waals surface area contributed by atoms with Crippen molar-refractivity contribution in [3.63, 3.8) is 0 Å². The molecule has 1 N–H and O–H groups in total. The number of hydrogen-bond donors (Lipinski definition) is 1. The minimum absolute atomic E-state index is 0.168. The number of hydrogen-bond acceptors (Lipinski definition) is 7. The molecule has 1 fully saturated rings. The Bertz CT molecular complexity index is 1550. The molecule has 3 atom stereocenters. The van der Waals surface area contributed by atoms with E-state index in [2.05, 4.69) is 25.3 Å². The second-order valence-corrected chi connectivity index (χ2v) is 10.6. The molecule has 0 aliphatic carbocycles. The molecule has 1 aliphatic heterocycles. The number of nitrogens with one attached hydrogen (secondary N) is 1. The molecule has 18 heteroatoms. The van der Waals surface area contributed by atoms with Crippen LogP contribution in [-0.4, -0.2) is 56.8 Å². The third-order valence-corrected chi connectivity index (χ3v) is 8.11. The molecule has 1 aliphatic rings. The Morgan fingerprint density at radius 1 is 1.05 bits per heavy atom. The van der Waals surface area contributed by atoms with E-state index in [9.17, 15) is 48.3 Å². The number of amides is 1. The summed E-state index contributed by atoms with van der Waals surface area (Å²) in [5.41, 5.74) is -2.33. The SMILES string of the molecule is C[C@H]1[C@H](F)CC(C(=O)NCc2cc(-c3cnc(C(F)(F)F)nc3)ncc2C(F)(F)F)N1S(=O)(=O)c1ncccc1F. The lowest BCUT2D eigenvalue weighted by Crippen LogP contribution is -2.48. The highest BCUT2D eigenvalue weighted by molar-refractivity contribution is 7.89. The Hall–Kier alpha value is -3.80. The molecule has 9 nitrogen and oxygen atoms in total. The van der Waals surface area contributed by atoms with E-state index >= 15 is 0 Å². The third kappa shape index (κ3) is 6.12. The van der Waals surface area contributed by atoms with E-state index in [0.717, 1.165) is 31.3 Å². The van der Waals surface area contributed by atoms with Crippen LogP contribution >= 0.6 is 0 Å². The van der Waals surface area contributed by atoms with Crippen molar-refractivity contribution < 1.29 is 48.3 Å². The van der Waals surface area contributed by atoms with Gasteiger partial charge in [0.2, 0.25) is 16.8 Å². The molecule has 0 saturated carbocycles. The number of carbonyl (C=O) groups is 1. The molecule has 1 amide bonds. The van der Waals surface area contributed by atoms with Gasteiger partial charge in [-0.3, -0.25) is 9.78 Å². The number of pyridine rings is 2. The molecular weight excluding hydrogens is 592 g/mol. The van der Waals surface area contributed by atoms with Gasteiger partial charge in [0.1, 0.15) is 12.2 Å². The van der Waals surface area contributed by atoms with Crippen molar-refractivity contribution in [2.75, 3.05) is 0 Å². The van der Waals surface area contributed by atoms with Gasteiger partial charge in [-0.05, 0) is 30.7 Å². The summed E-state index contributed by atoms with van der Waals surface area (Å²) >= 11 is 0. The molecule has 0 radical (unpaired) electrons. The van der Waals surface area contributed by atoms with Gasteiger partial charge in [0.15, 0.2) is 5.82 Å². The van der Waals surface area contributed by atoms with E-state index in [-0.39, 0.29) is 11.3 Å². The van der Waals surface area contributed by atoms with Crippen molar-refractivity contribution in [3.05, 3.63) is 65.8 Å². The molecule has 220 valence electrons. The zero-order valence-corrected chi connectivity index (χ0v) is 21.4. The Kier molecular flexibility index (Phi) is 8.01. The zero-order chi connectivity index (χ0) is 30.3. The second kappa shape index (κ2) is 10.9. The summed E-state index contributed by atoms with van der Waals surface area (Å²) in [6.45, 7) is 0.276. The smallest absolute Gasteiger partial charge is 0.351 e. The molecule has 0 aromatic carbocycles. The zero-order valence-electron chi connectivity index (χ0n) is 20.6. The summed E-state index contributed by atoms with van der Waals surface area (Å²) in [4.78, 5) is 26.4. The number of sulfonamides is 1. The van der Waals surface area contributed by atoms with Crippen LogP contribution in [0.2, 0.25) is 0 Å². The first-order chi connectivity index (χ1) is 19.0. The van der Waals surface area contributed by atoms with Crippen molar-refractivity contribution in [1.82, 2.24) is 29.6 Å². The summed E-state index contributed by atoms with van der Waals surface area (Å²) in [7, 11) is -4.85. The average molecular weight is 610 g/mol. The summed E-state index contributed by atoms with van der Waals surface area (Å²) in [5.74, 6) is -3.92. The van der Waals surface area contributed by atoms with E-state index in [1.165, 1.54) is 0 Å². The summed E-state index contributed by atoms with van der Waals surface area (Å²) < 4.78 is 135. The van der Waals surface area contributed by atoms with Crippen molar-refractivity contribution in [2.24, 2.45) is 0 Å². The first kappa shape index (κ1) is 30.2. The van der Waals surface area contributed by atoms with E-state index in [1.807, 2.05) is 0 Å². The van der Waals surface area contributed by atoms with E-state index in [0.29, 0.717) is 22.9 Å². The molecule has 0 spiro atoms. The highest BCUT2D eigenvalue weighted by Crippen LogP contribution is 2.35. The van der Waals surface area contributed by atoms with Gasteiger partial charge in [0, 0.05) is 43.3 Å². The fourth-order valence-electron chi connectivity index (χ4n) is 4.19. The van der Waals surface area contributed by atoms with Gasteiger partial charge in [-0.1, -0.05) is 0 Å². The van der Waals surface area contributed by atoms with Crippen LogP contribution < -0.4 is 5.32 Å². The molecule has 1 saturated heterocycles. The van der Waals surface area contributed by atoms with Crippen LogP contribution in [0.25, 0.3) is 11.3 Å². The lowest BCUT2D eigenvalue weighted by molar-refractivity contribution is -0.145. The first-order valence-electron chi connectivity index (χ1n) is 11.5. The summed E-state index contributed by atoms with van der Waals surface area (Å²) in [6.07, 6.45) is -9.60. The molecule has 4 heterocycles. The quantitative estimate of drug-likeness (QED) is 0.421. The van der Waals surface area contributed by atoms with Crippen LogP contribution in [0, 0.1) is 5.82 Å². The van der Waals surface area contributed by atoms with E-state index in [1.54, 1.807) is 0 Å². The number of carbonyl (C=O) groups excluding carboxylic acids is 1. The Labute approximate surface area is 226 Å². The first-order valence-corrected chi connectivity index (χ1v) is 13.0. The Morgan fingerprint density at radius 2 is 1.71 bits per heavy atom. The van der Waals surface area contributed by atoms with Gasteiger partial charge >= 0.3 is 12.4 Å². The molecule has 3 aromatic heterocycles. The van der Waals surface area contributed by atoms with Crippen LogP contribution in [0.4, 0.5) is 35.1 Å². The predicted octanol–water partition coefficient (Wildman–Crippen LogP) is 3.92. The topological polar surface area (TPSA) is 118 Å². The minimum atomic E-state index is -4.97. The van der Waals surface area contributed by atoms with E-state index < -0.39 is 87.3 Å². The molecule has 4 rings (SSSR count). The van der Waals surface area contributed by atoms with Crippen LogP contribution in [-0.2, 0) is 33.7 Å². The maximum absolute atomic E-state index is 14.6. The lowest BCUT2D eigenvalue weighted by atomic mass is 10.1. The Morgan fingerprint density at radius 3 is 2.29 bits per heavy atom. The number of alkyl halides is 7. The van der Waals surface area contributed by atoms with Gasteiger partial charge in [-0.25, -0.2) is 32.2 Å². The number of halogens is 8. The van der Waals surface area contributed by atoms with Gasteiger partial charge in [0.05, 0.1) is 17.3 Å². The largest absolute Gasteiger partial charge is 0.451 e. The van der Waals surface area contributed by atoms with Crippen molar-refractivity contribution in [2.45, 2.75) is 55.5 Å². The van der Waals surface area contributed by atoms with Crippen molar-refractivity contribution >= 4 is 15.9 Å². The minimum Gasteiger partial charge on any atom is -0.351 e. The third-order valence-electron chi connectivity index (χ3n) is 6.18. The van der Waals surface area contributed by atoms with Crippen LogP contribution in [0.1, 0.15) is 30.3 Å². The molecular formula is C23H18F8N6O3S. The van der Waals surface area contributed by atoms with Crippen molar-refractivity contribution in [3.8, 4) is 11.3 Å². The standard InChI is InChI=1S/C23H18F8N6O3S/c1-11-16(25)6-18(37(11)41(39,40)20-15(24)3-2-4-32-20)19(38)34-7-12-5-17(33-10-14(12)22(26,27)28)13-8-35-21(36-9-13)23(29,30)31/h2-5,8-11,16,18H,6-7H2,1H3,(H,34,38)/t11-,16+,18?/m0/s1. The fourth-order valence-corrected chi connectivity index (χ4v) is 5.99. The number of nitrogens with zero attached hydrogens (tertiary/aromatic N) is 5. The second-order valence-electron chi connectivity index (χ2n) is 8.87. The normalized spacial score (nSPS) is 20.3. The molecule has 3 aromatic rings. The highest BCUT2D eigenvalue weighted by Gasteiger charge is 2.50. The predicted molar refractivity (Wildman–Crippen MR) is 123 cm³/mol. The van der Waals surface area contributed by atoms with Crippen LogP contribution in [0.15, 0.2) is 48.0 Å². The molecule has 1 unspecified atom stereocenters. The van der Waals surface area contributed by atoms with Crippen LogP contribution in [0.3, 0.4) is 0 Å². The molecule has 41 heavy (non-hydrogen) atoms. The lowest BCUT2D eigenvalue weighted by Gasteiger charge is -2.26. The Balaban J connectivity index is 1.62. The van der Waals surface area contributed by atoms with Crippen molar-refractivity contribution in [1.29, 1.82) is 0 Å². The maximum Gasteiger partial charge on any atom is 0.451 e. The van der Waals surface area contributed by atoms with Gasteiger partial charge in [-0.15, -0.1) is 0 Å². The monoisotopic (exact) mass is 610 g/mol. The van der Waals surface area contributed by atoms with E-state index in [4.69, 9.17) is 0 Å².